The minimum atomic E-state index is -1.02. The molecule has 7 heteroatoms. The SMILES string of the molecule is CC(C)(N)CC(=O)N1Cc2[nH]cnc2CC1C(=O)O. The van der Waals surface area contributed by atoms with Crippen molar-refractivity contribution in [1.82, 2.24) is 14.9 Å². The summed E-state index contributed by atoms with van der Waals surface area (Å²) in [6, 6.07) is -0.870. The average Bonchev–Trinajstić information content (AvgIpc) is 2.71. The summed E-state index contributed by atoms with van der Waals surface area (Å²) in [4.78, 5) is 31.9. The third kappa shape index (κ3) is 2.93. The topological polar surface area (TPSA) is 112 Å². The summed E-state index contributed by atoms with van der Waals surface area (Å²) in [5.74, 6) is -1.27. The van der Waals surface area contributed by atoms with Gasteiger partial charge >= 0.3 is 5.97 Å². The maximum atomic E-state index is 12.2. The second-order valence-electron chi connectivity index (χ2n) is 5.57. The Kier molecular flexibility index (Phi) is 3.32. The Labute approximate surface area is 110 Å². The van der Waals surface area contributed by atoms with Crippen molar-refractivity contribution < 1.29 is 14.7 Å². The first-order valence-electron chi connectivity index (χ1n) is 6.10. The van der Waals surface area contributed by atoms with Crippen molar-refractivity contribution in [3.05, 3.63) is 17.7 Å². The van der Waals surface area contributed by atoms with Gasteiger partial charge in [-0.25, -0.2) is 9.78 Å². The summed E-state index contributed by atoms with van der Waals surface area (Å²) in [5.41, 5.74) is 6.67. The highest BCUT2D eigenvalue weighted by Gasteiger charge is 2.36. The van der Waals surface area contributed by atoms with Crippen molar-refractivity contribution in [1.29, 1.82) is 0 Å². The molecule has 0 spiro atoms. The molecule has 0 fully saturated rings. The molecule has 1 unspecified atom stereocenters. The van der Waals surface area contributed by atoms with Crippen LogP contribution in [0.2, 0.25) is 0 Å². The number of carboxylic acid groups (broad SMARTS) is 1. The average molecular weight is 266 g/mol. The number of nitrogens with zero attached hydrogens (tertiary/aromatic N) is 2. The van der Waals surface area contributed by atoms with Crippen molar-refractivity contribution in [2.24, 2.45) is 5.73 Å². The fourth-order valence-electron chi connectivity index (χ4n) is 2.21. The highest BCUT2D eigenvalue weighted by atomic mass is 16.4. The summed E-state index contributed by atoms with van der Waals surface area (Å²) in [6.45, 7) is 3.72. The number of aromatic nitrogens is 2. The lowest BCUT2D eigenvalue weighted by Crippen LogP contribution is -2.51. The Hall–Kier alpha value is -1.89. The molecular formula is C12H18N4O3. The van der Waals surface area contributed by atoms with E-state index in [0.717, 1.165) is 5.69 Å². The van der Waals surface area contributed by atoms with Crippen molar-refractivity contribution in [3.8, 4) is 0 Å². The van der Waals surface area contributed by atoms with E-state index in [2.05, 4.69) is 9.97 Å². The molecule has 7 nitrogen and oxygen atoms in total. The van der Waals surface area contributed by atoms with Crippen LogP contribution in [0.1, 0.15) is 31.7 Å². The monoisotopic (exact) mass is 266 g/mol. The molecule has 0 saturated carbocycles. The molecule has 104 valence electrons. The van der Waals surface area contributed by atoms with Crippen LogP contribution in [-0.2, 0) is 22.6 Å². The fraction of sp³-hybridized carbons (Fsp3) is 0.583. The van der Waals surface area contributed by atoms with Gasteiger partial charge in [0.05, 0.1) is 24.3 Å². The van der Waals surface area contributed by atoms with E-state index in [1.807, 2.05) is 0 Å². The lowest BCUT2D eigenvalue weighted by atomic mass is 9.97. The van der Waals surface area contributed by atoms with E-state index in [9.17, 15) is 14.7 Å². The van der Waals surface area contributed by atoms with Gasteiger partial charge in [0.1, 0.15) is 6.04 Å². The van der Waals surface area contributed by atoms with Crippen molar-refractivity contribution >= 4 is 11.9 Å². The number of amides is 1. The van der Waals surface area contributed by atoms with Gasteiger partial charge in [-0.05, 0) is 13.8 Å². The van der Waals surface area contributed by atoms with Gasteiger partial charge in [0.25, 0.3) is 0 Å². The molecule has 0 radical (unpaired) electrons. The second kappa shape index (κ2) is 4.65. The largest absolute Gasteiger partial charge is 0.480 e. The van der Waals surface area contributed by atoms with E-state index in [-0.39, 0.29) is 25.3 Å². The van der Waals surface area contributed by atoms with Crippen LogP contribution in [0.4, 0.5) is 0 Å². The number of hydrogen-bond acceptors (Lipinski definition) is 4. The first kappa shape index (κ1) is 13.5. The normalized spacial score (nSPS) is 19.1. The van der Waals surface area contributed by atoms with Crippen LogP contribution in [0.15, 0.2) is 6.33 Å². The zero-order valence-electron chi connectivity index (χ0n) is 11.0. The molecule has 1 aromatic heterocycles. The Bertz CT molecular complexity index is 503. The summed E-state index contributed by atoms with van der Waals surface area (Å²) in [7, 11) is 0. The number of carboxylic acids is 1. The quantitative estimate of drug-likeness (QED) is 0.705. The number of imidazole rings is 1. The standard InChI is InChI=1S/C12H18N4O3/c1-12(2,13)4-10(17)16-5-8-7(14-6-15-8)3-9(16)11(18)19/h6,9H,3-5,13H2,1-2H3,(H,14,15)(H,18,19). The highest BCUT2D eigenvalue weighted by molar-refractivity contribution is 5.85. The molecule has 1 aromatic rings. The first-order valence-corrected chi connectivity index (χ1v) is 6.10. The molecule has 0 saturated heterocycles. The summed E-state index contributed by atoms with van der Waals surface area (Å²) in [5, 5.41) is 9.26. The third-order valence-electron chi connectivity index (χ3n) is 3.11. The number of carbonyl (C=O) groups is 2. The smallest absolute Gasteiger partial charge is 0.326 e. The van der Waals surface area contributed by atoms with E-state index in [0.29, 0.717) is 5.69 Å². The van der Waals surface area contributed by atoms with Crippen LogP contribution in [0.3, 0.4) is 0 Å². The number of hydrogen-bond donors (Lipinski definition) is 3. The minimum Gasteiger partial charge on any atom is -0.480 e. The fourth-order valence-corrected chi connectivity index (χ4v) is 2.21. The zero-order chi connectivity index (χ0) is 14.2. The van der Waals surface area contributed by atoms with Crippen molar-refractivity contribution in [2.75, 3.05) is 0 Å². The molecule has 1 amide bonds. The lowest BCUT2D eigenvalue weighted by Gasteiger charge is -2.34. The molecular weight excluding hydrogens is 248 g/mol. The van der Waals surface area contributed by atoms with Gasteiger partial charge in [-0.15, -0.1) is 0 Å². The maximum Gasteiger partial charge on any atom is 0.326 e. The predicted molar refractivity (Wildman–Crippen MR) is 67.1 cm³/mol. The molecule has 1 atom stereocenters. The molecule has 4 N–H and O–H groups in total. The van der Waals surface area contributed by atoms with Gasteiger partial charge in [0.15, 0.2) is 0 Å². The van der Waals surface area contributed by atoms with E-state index >= 15 is 0 Å². The van der Waals surface area contributed by atoms with Gasteiger partial charge in [0.2, 0.25) is 5.91 Å². The van der Waals surface area contributed by atoms with E-state index in [4.69, 9.17) is 5.73 Å². The molecule has 0 aliphatic carbocycles. The lowest BCUT2D eigenvalue weighted by molar-refractivity contribution is -0.152. The predicted octanol–water partition coefficient (Wildman–Crippen LogP) is -0.125. The zero-order valence-corrected chi connectivity index (χ0v) is 11.0. The Morgan fingerprint density at radius 3 is 2.89 bits per heavy atom. The van der Waals surface area contributed by atoms with Crippen LogP contribution in [0.5, 0.6) is 0 Å². The van der Waals surface area contributed by atoms with Crippen molar-refractivity contribution in [2.45, 2.75) is 44.8 Å². The highest BCUT2D eigenvalue weighted by Crippen LogP contribution is 2.22. The van der Waals surface area contributed by atoms with Crippen molar-refractivity contribution in [3.63, 3.8) is 0 Å². The molecule has 0 bridgehead atoms. The van der Waals surface area contributed by atoms with Crippen LogP contribution in [0.25, 0.3) is 0 Å². The van der Waals surface area contributed by atoms with E-state index < -0.39 is 17.6 Å². The van der Waals surface area contributed by atoms with Gasteiger partial charge in [-0.3, -0.25) is 4.79 Å². The summed E-state index contributed by atoms with van der Waals surface area (Å²) < 4.78 is 0. The second-order valence-corrected chi connectivity index (χ2v) is 5.57. The van der Waals surface area contributed by atoms with Gasteiger partial charge in [0, 0.05) is 18.4 Å². The number of nitrogens with one attached hydrogen (secondary N) is 1. The number of H-pyrrole nitrogens is 1. The molecule has 1 aliphatic heterocycles. The molecule has 19 heavy (non-hydrogen) atoms. The van der Waals surface area contributed by atoms with Crippen LogP contribution < -0.4 is 5.73 Å². The Morgan fingerprint density at radius 1 is 1.63 bits per heavy atom. The number of nitrogens with two attached hydrogens (primary N) is 1. The molecule has 0 aromatic carbocycles. The van der Waals surface area contributed by atoms with Gasteiger partial charge in [-0.1, -0.05) is 0 Å². The van der Waals surface area contributed by atoms with Crippen LogP contribution in [-0.4, -0.2) is 43.4 Å². The van der Waals surface area contributed by atoms with Crippen LogP contribution >= 0.6 is 0 Å². The van der Waals surface area contributed by atoms with Crippen LogP contribution in [0, 0.1) is 0 Å². The Balaban J connectivity index is 2.22. The van der Waals surface area contributed by atoms with E-state index in [1.54, 1.807) is 13.8 Å². The number of aromatic amines is 1. The van der Waals surface area contributed by atoms with Gasteiger partial charge < -0.3 is 20.7 Å². The number of rotatable bonds is 3. The number of aliphatic carboxylic acids is 1. The van der Waals surface area contributed by atoms with E-state index in [1.165, 1.54) is 11.2 Å². The molecule has 1 aliphatic rings. The number of carbonyl (C=O) groups excluding carboxylic acids is 1. The Morgan fingerprint density at radius 2 is 2.32 bits per heavy atom. The summed E-state index contributed by atoms with van der Waals surface area (Å²) >= 11 is 0. The molecule has 2 rings (SSSR count). The first-order chi connectivity index (χ1) is 8.78. The van der Waals surface area contributed by atoms with Gasteiger partial charge in [-0.2, -0.15) is 0 Å². The molecule has 2 heterocycles. The number of fused-ring (bicyclic) bond motifs is 1. The summed E-state index contributed by atoms with van der Waals surface area (Å²) in [6.07, 6.45) is 1.86. The minimum absolute atomic E-state index is 0.111. The third-order valence-corrected chi connectivity index (χ3v) is 3.11. The maximum absolute atomic E-state index is 12.2.